The first-order chi connectivity index (χ1) is 9.93. The van der Waals surface area contributed by atoms with Crippen molar-refractivity contribution in [1.82, 2.24) is 0 Å². The predicted octanol–water partition coefficient (Wildman–Crippen LogP) is 1.14. The minimum atomic E-state index is -1.12. The van der Waals surface area contributed by atoms with Crippen LogP contribution in [0.5, 0.6) is 0 Å². The zero-order valence-electron chi connectivity index (χ0n) is 11.6. The molecular weight excluding hydrogens is 276 g/mol. The molecule has 0 aromatic heterocycles. The number of carbonyl (C=O) groups excluding carboxylic acids is 3. The number of aliphatic hydroxyl groups excluding tert-OH is 1. The van der Waals surface area contributed by atoms with Gasteiger partial charge < -0.3 is 14.6 Å². The van der Waals surface area contributed by atoms with Crippen LogP contribution >= 0.6 is 0 Å². The maximum atomic E-state index is 11.7. The Morgan fingerprint density at radius 1 is 1.24 bits per heavy atom. The summed E-state index contributed by atoms with van der Waals surface area (Å²) in [6.07, 6.45) is -0.457. The summed E-state index contributed by atoms with van der Waals surface area (Å²) in [7, 11) is 0. The third kappa shape index (κ3) is 5.58. The molecule has 0 saturated heterocycles. The molecule has 1 unspecified atom stereocenters. The zero-order valence-corrected chi connectivity index (χ0v) is 11.6. The van der Waals surface area contributed by atoms with E-state index in [1.807, 2.05) is 0 Å². The lowest BCUT2D eigenvalue weighted by molar-refractivity contribution is -0.142. The van der Waals surface area contributed by atoms with Gasteiger partial charge in [-0.05, 0) is 19.1 Å². The molecule has 1 atom stereocenters. The van der Waals surface area contributed by atoms with Gasteiger partial charge in [-0.15, -0.1) is 0 Å². The smallest absolute Gasteiger partial charge is 0.338 e. The van der Waals surface area contributed by atoms with E-state index >= 15 is 0 Å². The number of esters is 2. The van der Waals surface area contributed by atoms with Gasteiger partial charge in [0.1, 0.15) is 25.6 Å². The number of hydrogen-bond acceptors (Lipinski definition) is 6. The quantitative estimate of drug-likeness (QED) is 0.460. The van der Waals surface area contributed by atoms with Crippen LogP contribution in [0.3, 0.4) is 0 Å². The van der Waals surface area contributed by atoms with Gasteiger partial charge in [0.25, 0.3) is 0 Å². The summed E-state index contributed by atoms with van der Waals surface area (Å²) in [4.78, 5) is 33.2. The van der Waals surface area contributed by atoms with Gasteiger partial charge in [-0.25, -0.2) is 9.59 Å². The Balaban J connectivity index is 2.39. The van der Waals surface area contributed by atoms with Crippen molar-refractivity contribution in [3.8, 4) is 0 Å². The number of benzene rings is 1. The van der Waals surface area contributed by atoms with Crippen LogP contribution in [-0.2, 0) is 14.3 Å². The van der Waals surface area contributed by atoms with Crippen LogP contribution in [0.15, 0.2) is 36.4 Å². The minimum Gasteiger partial charge on any atom is -0.459 e. The summed E-state index contributed by atoms with van der Waals surface area (Å²) >= 11 is 0. The Kier molecular flexibility index (Phi) is 6.29. The van der Waals surface area contributed by atoms with Crippen molar-refractivity contribution in [3.05, 3.63) is 47.5 Å². The molecule has 0 spiro atoms. The highest BCUT2D eigenvalue weighted by atomic mass is 16.6. The predicted molar refractivity (Wildman–Crippen MR) is 73.9 cm³/mol. The van der Waals surface area contributed by atoms with Crippen LogP contribution in [0, 0.1) is 0 Å². The number of carbonyl (C=O) groups is 3. The Bertz CT molecular complexity index is 532. The van der Waals surface area contributed by atoms with Gasteiger partial charge in [-0.2, -0.15) is 0 Å². The molecule has 6 nitrogen and oxygen atoms in total. The van der Waals surface area contributed by atoms with E-state index in [1.165, 1.54) is 31.2 Å². The van der Waals surface area contributed by atoms with Gasteiger partial charge >= 0.3 is 11.9 Å². The first-order valence-corrected chi connectivity index (χ1v) is 6.17. The van der Waals surface area contributed by atoms with E-state index in [0.29, 0.717) is 11.8 Å². The first-order valence-electron chi connectivity index (χ1n) is 6.17. The van der Waals surface area contributed by atoms with Gasteiger partial charge in [-0.3, -0.25) is 4.79 Å². The lowest BCUT2D eigenvalue weighted by Gasteiger charge is -2.12. The fourth-order valence-corrected chi connectivity index (χ4v) is 1.30. The highest BCUT2D eigenvalue weighted by Gasteiger charge is 2.13. The normalized spacial score (nSPS) is 11.3. The van der Waals surface area contributed by atoms with Gasteiger partial charge in [0.2, 0.25) is 0 Å². The zero-order chi connectivity index (χ0) is 15.8. The Hall–Kier alpha value is -2.47. The molecule has 6 heteroatoms. The molecule has 112 valence electrons. The van der Waals surface area contributed by atoms with Crippen molar-refractivity contribution in [3.63, 3.8) is 0 Å². The van der Waals surface area contributed by atoms with Crippen LogP contribution in [0.4, 0.5) is 0 Å². The maximum Gasteiger partial charge on any atom is 0.338 e. The molecule has 0 amide bonds. The van der Waals surface area contributed by atoms with Crippen molar-refractivity contribution in [1.29, 1.82) is 0 Å². The summed E-state index contributed by atoms with van der Waals surface area (Å²) < 4.78 is 9.58. The standard InChI is InChI=1S/C15H16O6/c1-10(2)14(18)20-8-13(17)9-21-15(19)12-5-3-11(7-16)4-6-12/h3-7,13,17H,1,8-9H2,2H3. The van der Waals surface area contributed by atoms with E-state index < -0.39 is 18.0 Å². The third-order valence-corrected chi connectivity index (χ3v) is 2.44. The van der Waals surface area contributed by atoms with E-state index in [1.54, 1.807) is 0 Å². The van der Waals surface area contributed by atoms with E-state index in [2.05, 4.69) is 6.58 Å². The van der Waals surface area contributed by atoms with Crippen LogP contribution in [0.1, 0.15) is 27.6 Å². The average molecular weight is 292 g/mol. The monoisotopic (exact) mass is 292 g/mol. The molecule has 0 aliphatic carbocycles. The second kappa shape index (κ2) is 7.96. The summed E-state index contributed by atoms with van der Waals surface area (Å²) in [5, 5.41) is 9.53. The largest absolute Gasteiger partial charge is 0.459 e. The molecule has 0 radical (unpaired) electrons. The van der Waals surface area contributed by atoms with Gasteiger partial charge in [-0.1, -0.05) is 18.7 Å². The lowest BCUT2D eigenvalue weighted by Crippen LogP contribution is -2.25. The second-order valence-electron chi connectivity index (χ2n) is 4.37. The van der Waals surface area contributed by atoms with Crippen LogP contribution in [-0.4, -0.2) is 42.6 Å². The molecule has 1 aromatic rings. The van der Waals surface area contributed by atoms with Gasteiger partial charge in [0.05, 0.1) is 5.56 Å². The van der Waals surface area contributed by atoms with Gasteiger partial charge in [0.15, 0.2) is 0 Å². The molecule has 21 heavy (non-hydrogen) atoms. The SMILES string of the molecule is C=C(C)C(=O)OCC(O)COC(=O)c1ccc(C=O)cc1. The summed E-state index contributed by atoms with van der Waals surface area (Å²) in [6, 6.07) is 5.85. The van der Waals surface area contributed by atoms with E-state index in [4.69, 9.17) is 9.47 Å². The highest BCUT2D eigenvalue weighted by Crippen LogP contribution is 2.05. The van der Waals surface area contributed by atoms with Crippen molar-refractivity contribution < 1.29 is 29.0 Å². The first kappa shape index (κ1) is 16.6. The second-order valence-corrected chi connectivity index (χ2v) is 4.37. The number of aldehydes is 1. The molecule has 1 rings (SSSR count). The van der Waals surface area contributed by atoms with Crippen LogP contribution in [0.2, 0.25) is 0 Å². The fraction of sp³-hybridized carbons (Fsp3) is 0.267. The summed E-state index contributed by atoms with van der Waals surface area (Å²) in [6.45, 7) is 4.28. The Morgan fingerprint density at radius 3 is 2.33 bits per heavy atom. The van der Waals surface area contributed by atoms with E-state index in [-0.39, 0.29) is 24.4 Å². The van der Waals surface area contributed by atoms with Crippen molar-refractivity contribution >= 4 is 18.2 Å². The molecular formula is C15H16O6. The number of ether oxygens (including phenoxy) is 2. The van der Waals surface area contributed by atoms with Crippen LogP contribution in [0.25, 0.3) is 0 Å². The van der Waals surface area contributed by atoms with Crippen molar-refractivity contribution in [2.24, 2.45) is 0 Å². The molecule has 0 heterocycles. The minimum absolute atomic E-state index is 0.217. The van der Waals surface area contributed by atoms with E-state index in [0.717, 1.165) is 0 Å². The van der Waals surface area contributed by atoms with Crippen molar-refractivity contribution in [2.45, 2.75) is 13.0 Å². The average Bonchev–Trinajstić information content (AvgIpc) is 2.50. The third-order valence-electron chi connectivity index (χ3n) is 2.44. The molecule has 0 bridgehead atoms. The summed E-state index contributed by atoms with van der Waals surface area (Å²) in [5.74, 6) is -1.26. The summed E-state index contributed by atoms with van der Waals surface area (Å²) in [5.41, 5.74) is 0.916. The Labute approximate surface area is 122 Å². The number of rotatable bonds is 7. The lowest BCUT2D eigenvalue weighted by atomic mass is 10.1. The molecule has 0 fully saturated rings. The molecule has 0 aliphatic rings. The molecule has 1 aromatic carbocycles. The topological polar surface area (TPSA) is 89.9 Å². The van der Waals surface area contributed by atoms with Crippen LogP contribution < -0.4 is 0 Å². The molecule has 0 saturated carbocycles. The van der Waals surface area contributed by atoms with Gasteiger partial charge in [0, 0.05) is 11.1 Å². The number of hydrogen-bond donors (Lipinski definition) is 1. The van der Waals surface area contributed by atoms with E-state index in [9.17, 15) is 19.5 Å². The number of aliphatic hydroxyl groups is 1. The fourth-order valence-electron chi connectivity index (χ4n) is 1.30. The highest BCUT2D eigenvalue weighted by molar-refractivity contribution is 5.90. The molecule has 0 aliphatic heterocycles. The maximum absolute atomic E-state index is 11.7. The van der Waals surface area contributed by atoms with Crippen molar-refractivity contribution in [2.75, 3.05) is 13.2 Å². The molecule has 1 N–H and O–H groups in total. The Morgan fingerprint density at radius 2 is 1.81 bits per heavy atom.